The third kappa shape index (κ3) is 5.87. The van der Waals surface area contributed by atoms with Crippen LogP contribution in [0.15, 0.2) is 53.0 Å². The van der Waals surface area contributed by atoms with Crippen molar-refractivity contribution in [3.63, 3.8) is 0 Å². The average Bonchev–Trinajstić information content (AvgIpc) is 2.46. The molecule has 0 saturated heterocycles. The molecule has 0 aliphatic carbocycles. The number of hydrogen-bond donors (Lipinski definition) is 1. The molecule has 2 rings (SSSR count). The molecule has 0 bridgehead atoms. The third-order valence-corrected chi connectivity index (χ3v) is 3.53. The molecule has 1 N–H and O–H groups in total. The predicted molar refractivity (Wildman–Crippen MR) is 88.7 cm³/mol. The first-order valence-electron chi connectivity index (χ1n) is 6.51. The molecule has 0 radical (unpaired) electrons. The molecule has 2 aromatic carbocycles. The van der Waals surface area contributed by atoms with Crippen molar-refractivity contribution in [1.82, 2.24) is 0 Å². The first-order valence-corrected chi connectivity index (χ1v) is 7.68. The number of rotatable bonds is 6. The number of carbonyl (C=O) groups excluding carboxylic acids is 1. The summed E-state index contributed by atoms with van der Waals surface area (Å²) in [6.45, 7) is 0.543. The molecule has 110 valence electrons. The summed E-state index contributed by atoms with van der Waals surface area (Å²) in [6.07, 6.45) is 0.771. The largest absolute Gasteiger partial charge is 0.371 e. The molecule has 5 heteroatoms. The highest BCUT2D eigenvalue weighted by atomic mass is 79.9. The lowest BCUT2D eigenvalue weighted by Gasteiger charge is -2.07. The van der Waals surface area contributed by atoms with Crippen LogP contribution in [-0.4, -0.2) is 19.1 Å². The van der Waals surface area contributed by atoms with Gasteiger partial charge in [0.25, 0.3) is 0 Å². The minimum Gasteiger partial charge on any atom is -0.371 e. The zero-order valence-electron chi connectivity index (χ0n) is 11.3. The first-order chi connectivity index (χ1) is 10.1. The summed E-state index contributed by atoms with van der Waals surface area (Å²) in [4.78, 5) is 11.7. The average molecular weight is 369 g/mol. The Morgan fingerprint density at radius 2 is 1.95 bits per heavy atom. The van der Waals surface area contributed by atoms with Crippen molar-refractivity contribution in [1.29, 1.82) is 0 Å². The highest BCUT2D eigenvalue weighted by molar-refractivity contribution is 9.10. The molecule has 0 atom stereocenters. The Morgan fingerprint density at radius 1 is 1.19 bits per heavy atom. The molecule has 2 aromatic rings. The summed E-state index contributed by atoms with van der Waals surface area (Å²) in [5, 5.41) is 3.38. The van der Waals surface area contributed by atoms with Crippen LogP contribution < -0.4 is 5.32 Å². The molecular formula is C16H15BrClNO2. The lowest BCUT2D eigenvalue weighted by molar-refractivity contribution is -0.120. The van der Waals surface area contributed by atoms with Gasteiger partial charge >= 0.3 is 0 Å². The molecule has 0 aliphatic rings. The van der Waals surface area contributed by atoms with Crippen molar-refractivity contribution >= 4 is 39.1 Å². The van der Waals surface area contributed by atoms with E-state index < -0.39 is 0 Å². The van der Waals surface area contributed by atoms with Crippen LogP contribution >= 0.6 is 27.5 Å². The van der Waals surface area contributed by atoms with Crippen LogP contribution in [0.5, 0.6) is 0 Å². The normalized spacial score (nSPS) is 10.4. The van der Waals surface area contributed by atoms with Crippen molar-refractivity contribution in [3.05, 3.63) is 63.6 Å². The topological polar surface area (TPSA) is 38.3 Å². The van der Waals surface area contributed by atoms with E-state index in [4.69, 9.17) is 16.3 Å². The van der Waals surface area contributed by atoms with Gasteiger partial charge in [-0.3, -0.25) is 4.79 Å². The van der Waals surface area contributed by atoms with E-state index in [0.717, 1.165) is 10.9 Å². The van der Waals surface area contributed by atoms with E-state index in [1.165, 1.54) is 5.56 Å². The molecule has 0 aromatic heterocycles. The van der Waals surface area contributed by atoms with Crippen LogP contribution in [0.25, 0.3) is 0 Å². The maximum Gasteiger partial charge on any atom is 0.250 e. The number of halogens is 2. The van der Waals surface area contributed by atoms with Gasteiger partial charge in [-0.2, -0.15) is 0 Å². The third-order valence-electron chi connectivity index (χ3n) is 2.79. The van der Waals surface area contributed by atoms with Gasteiger partial charge in [0, 0.05) is 15.2 Å². The Hall–Kier alpha value is -1.36. The second kappa shape index (κ2) is 8.17. The fourth-order valence-electron chi connectivity index (χ4n) is 1.78. The van der Waals surface area contributed by atoms with Gasteiger partial charge in [0.1, 0.15) is 6.61 Å². The van der Waals surface area contributed by atoms with E-state index >= 15 is 0 Å². The monoisotopic (exact) mass is 367 g/mol. The minimum atomic E-state index is -0.174. The highest BCUT2D eigenvalue weighted by Crippen LogP contribution is 2.13. The van der Waals surface area contributed by atoms with Crippen LogP contribution in [0.1, 0.15) is 5.56 Å². The molecule has 0 unspecified atom stereocenters. The Kier molecular flexibility index (Phi) is 6.23. The Balaban J connectivity index is 1.68. The van der Waals surface area contributed by atoms with Crippen molar-refractivity contribution in [3.8, 4) is 0 Å². The lowest BCUT2D eigenvalue weighted by atomic mass is 10.2. The van der Waals surface area contributed by atoms with Crippen LogP contribution in [-0.2, 0) is 16.0 Å². The predicted octanol–water partition coefficient (Wildman–Crippen LogP) is 4.30. The van der Waals surface area contributed by atoms with Gasteiger partial charge in [-0.1, -0.05) is 39.7 Å². The van der Waals surface area contributed by atoms with Crippen LogP contribution in [0, 0.1) is 0 Å². The number of carbonyl (C=O) groups is 1. The van der Waals surface area contributed by atoms with Crippen molar-refractivity contribution in [2.75, 3.05) is 18.5 Å². The van der Waals surface area contributed by atoms with Crippen molar-refractivity contribution < 1.29 is 9.53 Å². The van der Waals surface area contributed by atoms with E-state index in [-0.39, 0.29) is 12.5 Å². The van der Waals surface area contributed by atoms with Crippen LogP contribution in [0.3, 0.4) is 0 Å². The zero-order valence-corrected chi connectivity index (χ0v) is 13.7. The van der Waals surface area contributed by atoms with Gasteiger partial charge in [-0.15, -0.1) is 0 Å². The zero-order chi connectivity index (χ0) is 15.1. The highest BCUT2D eigenvalue weighted by Gasteiger charge is 2.03. The fourth-order valence-corrected chi connectivity index (χ4v) is 2.35. The summed E-state index contributed by atoms with van der Waals surface area (Å²) in [5.41, 5.74) is 1.88. The first kappa shape index (κ1) is 16.0. The number of hydrogen-bond acceptors (Lipinski definition) is 2. The number of benzene rings is 2. The number of nitrogens with one attached hydrogen (secondary N) is 1. The fraction of sp³-hybridized carbons (Fsp3) is 0.188. The number of amides is 1. The van der Waals surface area contributed by atoms with Crippen molar-refractivity contribution in [2.24, 2.45) is 0 Å². The Bertz CT molecular complexity index is 601. The van der Waals surface area contributed by atoms with Gasteiger partial charge in [-0.25, -0.2) is 0 Å². The maximum atomic E-state index is 11.7. The van der Waals surface area contributed by atoms with E-state index in [0.29, 0.717) is 17.3 Å². The van der Waals surface area contributed by atoms with Gasteiger partial charge in [0.15, 0.2) is 0 Å². The van der Waals surface area contributed by atoms with Gasteiger partial charge in [-0.05, 0) is 48.4 Å². The molecule has 0 aliphatic heterocycles. The quantitative estimate of drug-likeness (QED) is 0.772. The molecular weight excluding hydrogens is 354 g/mol. The van der Waals surface area contributed by atoms with Gasteiger partial charge < -0.3 is 10.1 Å². The van der Waals surface area contributed by atoms with Gasteiger partial charge in [0.05, 0.1) is 6.61 Å². The summed E-state index contributed by atoms with van der Waals surface area (Å²) in [7, 11) is 0. The molecule has 1 amide bonds. The van der Waals surface area contributed by atoms with Crippen molar-refractivity contribution in [2.45, 2.75) is 6.42 Å². The van der Waals surface area contributed by atoms with E-state index in [2.05, 4.69) is 21.2 Å². The molecule has 0 heterocycles. The Morgan fingerprint density at radius 3 is 2.67 bits per heavy atom. The maximum absolute atomic E-state index is 11.7. The smallest absolute Gasteiger partial charge is 0.250 e. The van der Waals surface area contributed by atoms with Gasteiger partial charge in [0.2, 0.25) is 5.91 Å². The minimum absolute atomic E-state index is 0.0383. The second-order valence-corrected chi connectivity index (χ2v) is 5.84. The second-order valence-electron chi connectivity index (χ2n) is 4.49. The van der Waals surface area contributed by atoms with Crippen LogP contribution in [0.4, 0.5) is 5.69 Å². The van der Waals surface area contributed by atoms with E-state index in [1.807, 2.05) is 24.3 Å². The number of anilines is 1. The lowest BCUT2D eigenvalue weighted by Crippen LogP contribution is -2.19. The molecule has 0 spiro atoms. The standard InChI is InChI=1S/C16H15BrClNO2/c17-13-3-1-2-12(10-13)8-9-21-11-16(20)19-15-6-4-14(18)5-7-15/h1-7,10H,8-9,11H2,(H,19,20). The molecule has 21 heavy (non-hydrogen) atoms. The van der Waals surface area contributed by atoms with Crippen LogP contribution in [0.2, 0.25) is 5.02 Å². The van der Waals surface area contributed by atoms with E-state index in [1.54, 1.807) is 24.3 Å². The SMILES string of the molecule is O=C(COCCc1cccc(Br)c1)Nc1ccc(Cl)cc1. The Labute approximate surface area is 137 Å². The summed E-state index contributed by atoms with van der Waals surface area (Å²) in [5.74, 6) is -0.174. The summed E-state index contributed by atoms with van der Waals surface area (Å²) >= 11 is 9.20. The molecule has 3 nitrogen and oxygen atoms in total. The molecule has 0 fully saturated rings. The summed E-state index contributed by atoms with van der Waals surface area (Å²) in [6, 6.07) is 15.0. The number of ether oxygens (including phenoxy) is 1. The molecule has 0 saturated carbocycles. The summed E-state index contributed by atoms with van der Waals surface area (Å²) < 4.78 is 6.42. The van der Waals surface area contributed by atoms with E-state index in [9.17, 15) is 4.79 Å².